The van der Waals surface area contributed by atoms with Gasteiger partial charge in [-0.1, -0.05) is 29.8 Å². The Hall–Kier alpha value is -1.84. The molecular formula is C17H24N2O2. The van der Waals surface area contributed by atoms with Crippen LogP contribution in [0.5, 0.6) is 0 Å². The SMILES string of the molecule is Cc1ccc(CCCC(=O)N2CCC[C@H](C(N)=O)C2)cc1. The van der Waals surface area contributed by atoms with Gasteiger partial charge in [0.1, 0.15) is 0 Å². The number of nitrogens with two attached hydrogens (primary N) is 1. The van der Waals surface area contributed by atoms with Gasteiger partial charge in [-0.2, -0.15) is 0 Å². The summed E-state index contributed by atoms with van der Waals surface area (Å²) in [5.74, 6) is -0.306. The van der Waals surface area contributed by atoms with Crippen molar-refractivity contribution < 1.29 is 9.59 Å². The highest BCUT2D eigenvalue weighted by atomic mass is 16.2. The molecule has 0 aliphatic carbocycles. The van der Waals surface area contributed by atoms with Crippen LogP contribution >= 0.6 is 0 Å². The fourth-order valence-electron chi connectivity index (χ4n) is 2.79. The van der Waals surface area contributed by atoms with Crippen molar-refractivity contribution in [3.05, 3.63) is 35.4 Å². The molecule has 1 aromatic rings. The second-order valence-electron chi connectivity index (χ2n) is 5.92. The van der Waals surface area contributed by atoms with Gasteiger partial charge >= 0.3 is 0 Å². The van der Waals surface area contributed by atoms with E-state index in [4.69, 9.17) is 5.73 Å². The quantitative estimate of drug-likeness (QED) is 0.901. The first kappa shape index (κ1) is 15.5. The van der Waals surface area contributed by atoms with Gasteiger partial charge in [0.2, 0.25) is 11.8 Å². The first-order chi connectivity index (χ1) is 10.1. The number of aryl methyl sites for hydroxylation is 2. The molecule has 1 saturated heterocycles. The largest absolute Gasteiger partial charge is 0.369 e. The van der Waals surface area contributed by atoms with Crippen LogP contribution in [0.1, 0.15) is 36.8 Å². The molecule has 1 atom stereocenters. The monoisotopic (exact) mass is 288 g/mol. The maximum Gasteiger partial charge on any atom is 0.222 e. The topological polar surface area (TPSA) is 63.4 Å². The molecule has 2 rings (SSSR count). The zero-order chi connectivity index (χ0) is 15.2. The first-order valence-electron chi connectivity index (χ1n) is 7.69. The summed E-state index contributed by atoms with van der Waals surface area (Å²) in [6.07, 6.45) is 3.98. The molecule has 114 valence electrons. The molecule has 2 N–H and O–H groups in total. The minimum Gasteiger partial charge on any atom is -0.369 e. The molecule has 0 radical (unpaired) electrons. The van der Waals surface area contributed by atoms with Crippen LogP contribution in [0, 0.1) is 12.8 Å². The Balaban J connectivity index is 1.76. The molecule has 4 heteroatoms. The van der Waals surface area contributed by atoms with Crippen LogP contribution in [0.15, 0.2) is 24.3 Å². The van der Waals surface area contributed by atoms with E-state index in [2.05, 4.69) is 31.2 Å². The van der Waals surface area contributed by atoms with Crippen LogP contribution in [0.4, 0.5) is 0 Å². The summed E-state index contributed by atoms with van der Waals surface area (Å²) in [6, 6.07) is 8.42. The molecule has 0 saturated carbocycles. The van der Waals surface area contributed by atoms with E-state index in [9.17, 15) is 9.59 Å². The summed E-state index contributed by atoms with van der Waals surface area (Å²) in [5.41, 5.74) is 7.86. The summed E-state index contributed by atoms with van der Waals surface area (Å²) < 4.78 is 0. The van der Waals surface area contributed by atoms with Crippen molar-refractivity contribution in [2.75, 3.05) is 13.1 Å². The minimum atomic E-state index is -0.285. The summed E-state index contributed by atoms with van der Waals surface area (Å²) >= 11 is 0. The highest BCUT2D eigenvalue weighted by Gasteiger charge is 2.26. The molecule has 1 aliphatic heterocycles. The second kappa shape index (κ2) is 7.25. The maximum absolute atomic E-state index is 12.2. The molecule has 0 bridgehead atoms. The molecule has 0 unspecified atom stereocenters. The first-order valence-corrected chi connectivity index (χ1v) is 7.69. The lowest BCUT2D eigenvalue weighted by Crippen LogP contribution is -2.44. The fourth-order valence-corrected chi connectivity index (χ4v) is 2.79. The number of primary amides is 1. The average molecular weight is 288 g/mol. The van der Waals surface area contributed by atoms with Crippen molar-refractivity contribution in [3.63, 3.8) is 0 Å². The Bertz CT molecular complexity index is 496. The van der Waals surface area contributed by atoms with Gasteiger partial charge in [-0.3, -0.25) is 9.59 Å². The number of nitrogens with zero attached hydrogens (tertiary/aromatic N) is 1. The number of hydrogen-bond acceptors (Lipinski definition) is 2. The number of carbonyl (C=O) groups excluding carboxylic acids is 2. The van der Waals surface area contributed by atoms with Crippen LogP contribution in [0.3, 0.4) is 0 Å². The van der Waals surface area contributed by atoms with Gasteiger partial charge in [-0.15, -0.1) is 0 Å². The molecule has 21 heavy (non-hydrogen) atoms. The number of amides is 2. The predicted octanol–water partition coefficient (Wildman–Crippen LogP) is 2.04. The lowest BCUT2D eigenvalue weighted by molar-refractivity contribution is -0.135. The summed E-state index contributed by atoms with van der Waals surface area (Å²) in [5, 5.41) is 0. The van der Waals surface area contributed by atoms with Crippen LogP contribution in [0.25, 0.3) is 0 Å². The third-order valence-corrected chi connectivity index (χ3v) is 4.15. The van der Waals surface area contributed by atoms with E-state index in [1.165, 1.54) is 11.1 Å². The highest BCUT2D eigenvalue weighted by molar-refractivity contribution is 5.80. The van der Waals surface area contributed by atoms with Gasteiger partial charge in [0.15, 0.2) is 0 Å². The van der Waals surface area contributed by atoms with Crippen molar-refractivity contribution in [2.24, 2.45) is 11.7 Å². The lowest BCUT2D eigenvalue weighted by atomic mass is 9.97. The molecule has 1 heterocycles. The Kier molecular flexibility index (Phi) is 5.37. The van der Waals surface area contributed by atoms with E-state index in [0.717, 1.165) is 32.2 Å². The van der Waals surface area contributed by atoms with E-state index in [1.807, 2.05) is 0 Å². The minimum absolute atomic E-state index is 0.146. The number of rotatable bonds is 5. The Morgan fingerprint density at radius 2 is 2.00 bits per heavy atom. The van der Waals surface area contributed by atoms with E-state index in [0.29, 0.717) is 13.0 Å². The smallest absolute Gasteiger partial charge is 0.222 e. The van der Waals surface area contributed by atoms with Crippen LogP contribution in [0.2, 0.25) is 0 Å². The normalized spacial score (nSPS) is 18.5. The number of carbonyl (C=O) groups is 2. The summed E-state index contributed by atoms with van der Waals surface area (Å²) in [6.45, 7) is 3.32. The number of likely N-dealkylation sites (tertiary alicyclic amines) is 1. The average Bonchev–Trinajstić information content (AvgIpc) is 2.49. The zero-order valence-electron chi connectivity index (χ0n) is 12.7. The van der Waals surface area contributed by atoms with Crippen LogP contribution in [-0.4, -0.2) is 29.8 Å². The van der Waals surface area contributed by atoms with E-state index in [1.54, 1.807) is 4.90 Å². The van der Waals surface area contributed by atoms with Gasteiger partial charge in [-0.05, 0) is 38.2 Å². The standard InChI is InChI=1S/C17H24N2O2/c1-13-7-9-14(10-8-13)4-2-6-16(20)19-11-3-5-15(12-19)17(18)21/h7-10,15H,2-6,11-12H2,1H3,(H2,18,21)/t15-/m0/s1. The number of hydrogen-bond donors (Lipinski definition) is 1. The van der Waals surface area contributed by atoms with Gasteiger partial charge in [-0.25, -0.2) is 0 Å². The van der Waals surface area contributed by atoms with Crippen molar-refractivity contribution in [1.29, 1.82) is 0 Å². The third-order valence-electron chi connectivity index (χ3n) is 4.15. The van der Waals surface area contributed by atoms with E-state index >= 15 is 0 Å². The number of piperidine rings is 1. The fraction of sp³-hybridized carbons (Fsp3) is 0.529. The van der Waals surface area contributed by atoms with Gasteiger partial charge < -0.3 is 10.6 Å². The molecular weight excluding hydrogens is 264 g/mol. The van der Waals surface area contributed by atoms with Gasteiger partial charge in [0, 0.05) is 19.5 Å². The number of benzene rings is 1. The second-order valence-corrected chi connectivity index (χ2v) is 5.92. The summed E-state index contributed by atoms with van der Waals surface area (Å²) in [4.78, 5) is 25.2. The zero-order valence-corrected chi connectivity index (χ0v) is 12.7. The highest BCUT2D eigenvalue weighted by Crippen LogP contribution is 2.17. The molecule has 0 spiro atoms. The van der Waals surface area contributed by atoms with Gasteiger partial charge in [0.05, 0.1) is 5.92 Å². The van der Waals surface area contributed by atoms with Gasteiger partial charge in [0.25, 0.3) is 0 Å². The van der Waals surface area contributed by atoms with Crippen molar-refractivity contribution in [1.82, 2.24) is 4.90 Å². The predicted molar refractivity (Wildman–Crippen MR) is 82.6 cm³/mol. The Morgan fingerprint density at radius 3 is 2.67 bits per heavy atom. The third kappa shape index (κ3) is 4.59. The van der Waals surface area contributed by atoms with E-state index in [-0.39, 0.29) is 17.7 Å². The van der Waals surface area contributed by atoms with Crippen molar-refractivity contribution in [2.45, 2.75) is 39.0 Å². The van der Waals surface area contributed by atoms with Crippen LogP contribution < -0.4 is 5.73 Å². The maximum atomic E-state index is 12.2. The lowest BCUT2D eigenvalue weighted by Gasteiger charge is -2.31. The Labute approximate surface area is 126 Å². The van der Waals surface area contributed by atoms with Crippen molar-refractivity contribution in [3.8, 4) is 0 Å². The van der Waals surface area contributed by atoms with Crippen LogP contribution in [-0.2, 0) is 16.0 Å². The summed E-state index contributed by atoms with van der Waals surface area (Å²) in [7, 11) is 0. The molecule has 0 aromatic heterocycles. The van der Waals surface area contributed by atoms with Crippen molar-refractivity contribution >= 4 is 11.8 Å². The van der Waals surface area contributed by atoms with E-state index < -0.39 is 0 Å². The Morgan fingerprint density at radius 1 is 1.29 bits per heavy atom. The molecule has 2 amide bonds. The molecule has 4 nitrogen and oxygen atoms in total. The molecule has 1 aromatic carbocycles. The molecule has 1 fully saturated rings. The molecule has 1 aliphatic rings.